The number of pyridine rings is 1. The molecule has 0 spiro atoms. The molecule has 0 amide bonds. The van der Waals surface area contributed by atoms with Crippen molar-refractivity contribution in [3.8, 4) is 11.4 Å². The summed E-state index contributed by atoms with van der Waals surface area (Å²) in [4.78, 5) is 4.84. The van der Waals surface area contributed by atoms with Crippen molar-refractivity contribution >= 4 is 22.4 Å². The van der Waals surface area contributed by atoms with Gasteiger partial charge in [0.1, 0.15) is 5.01 Å². The summed E-state index contributed by atoms with van der Waals surface area (Å²) in [6, 6.07) is 3.83. The molecule has 0 saturated carbocycles. The summed E-state index contributed by atoms with van der Waals surface area (Å²) in [7, 11) is 0. The van der Waals surface area contributed by atoms with E-state index in [0.29, 0.717) is 5.92 Å². The lowest BCUT2D eigenvalue weighted by Gasteiger charge is -2.12. The number of hydrogen-bond acceptors (Lipinski definition) is 5. The molecule has 1 aliphatic carbocycles. The van der Waals surface area contributed by atoms with Crippen molar-refractivity contribution in [3.05, 3.63) is 47.8 Å². The van der Waals surface area contributed by atoms with Gasteiger partial charge in [-0.3, -0.25) is 4.98 Å². The van der Waals surface area contributed by atoms with E-state index in [4.69, 9.17) is 0 Å². The zero-order valence-corrected chi connectivity index (χ0v) is 12.8. The number of allylic oxidation sites excluding steroid dienone is 3. The highest BCUT2D eigenvalue weighted by Gasteiger charge is 2.12. The monoisotopic (exact) mass is 309 g/mol. The SMILES string of the molecule is C1=CCC(C=Cc2nn3c(-c4ccncc4)nnc3s2)CC1. The van der Waals surface area contributed by atoms with Gasteiger partial charge in [-0.1, -0.05) is 29.6 Å². The third-order valence-corrected chi connectivity index (χ3v) is 4.63. The molecule has 1 unspecified atom stereocenters. The normalized spacial score (nSPS) is 18.5. The van der Waals surface area contributed by atoms with Crippen LogP contribution in [0.25, 0.3) is 22.4 Å². The molecule has 0 aliphatic heterocycles. The first-order chi connectivity index (χ1) is 10.9. The lowest BCUT2D eigenvalue weighted by atomic mass is 9.94. The molecule has 3 heterocycles. The molecule has 0 bridgehead atoms. The summed E-state index contributed by atoms with van der Waals surface area (Å²) < 4.78 is 1.81. The number of fused-ring (bicyclic) bond motifs is 1. The van der Waals surface area contributed by atoms with Gasteiger partial charge >= 0.3 is 0 Å². The van der Waals surface area contributed by atoms with Crippen LogP contribution >= 0.6 is 11.3 Å². The molecule has 6 heteroatoms. The van der Waals surface area contributed by atoms with Gasteiger partial charge in [-0.05, 0) is 43.4 Å². The molecule has 3 aromatic rings. The molecule has 0 N–H and O–H groups in total. The molecule has 0 saturated heterocycles. The Morgan fingerprint density at radius 1 is 1.18 bits per heavy atom. The van der Waals surface area contributed by atoms with Gasteiger partial charge < -0.3 is 0 Å². The highest BCUT2D eigenvalue weighted by molar-refractivity contribution is 7.17. The van der Waals surface area contributed by atoms with E-state index in [-0.39, 0.29) is 0 Å². The van der Waals surface area contributed by atoms with Crippen molar-refractivity contribution in [3.63, 3.8) is 0 Å². The molecule has 0 fully saturated rings. The smallest absolute Gasteiger partial charge is 0.235 e. The number of hydrogen-bond donors (Lipinski definition) is 0. The minimum atomic E-state index is 0.624. The minimum Gasteiger partial charge on any atom is -0.265 e. The first-order valence-corrected chi connectivity index (χ1v) is 8.17. The van der Waals surface area contributed by atoms with Crippen LogP contribution in [0.3, 0.4) is 0 Å². The van der Waals surface area contributed by atoms with Crippen molar-refractivity contribution in [1.82, 2.24) is 24.8 Å². The van der Waals surface area contributed by atoms with E-state index in [1.165, 1.54) is 12.8 Å². The first-order valence-electron chi connectivity index (χ1n) is 7.36. The lowest BCUT2D eigenvalue weighted by molar-refractivity contribution is 0.586. The van der Waals surface area contributed by atoms with Crippen LogP contribution in [0.5, 0.6) is 0 Å². The quantitative estimate of drug-likeness (QED) is 0.693. The minimum absolute atomic E-state index is 0.624. The van der Waals surface area contributed by atoms with E-state index in [9.17, 15) is 0 Å². The summed E-state index contributed by atoms with van der Waals surface area (Å²) in [6.07, 6.45) is 15.9. The predicted molar refractivity (Wildman–Crippen MR) is 87.4 cm³/mol. The number of rotatable bonds is 3. The number of aromatic nitrogens is 5. The van der Waals surface area contributed by atoms with E-state index >= 15 is 0 Å². The Balaban J connectivity index is 1.63. The van der Waals surface area contributed by atoms with Crippen LogP contribution in [0.1, 0.15) is 24.3 Å². The van der Waals surface area contributed by atoms with E-state index in [0.717, 1.165) is 27.8 Å². The zero-order valence-electron chi connectivity index (χ0n) is 12.0. The third kappa shape index (κ3) is 2.57. The Bertz CT molecular complexity index is 831. The average Bonchev–Trinajstić information content (AvgIpc) is 3.15. The van der Waals surface area contributed by atoms with Crippen LogP contribution in [0.2, 0.25) is 0 Å². The summed E-state index contributed by atoms with van der Waals surface area (Å²) >= 11 is 1.56. The summed E-state index contributed by atoms with van der Waals surface area (Å²) in [5.41, 5.74) is 0.973. The molecular formula is C16H15N5S. The molecule has 22 heavy (non-hydrogen) atoms. The summed E-state index contributed by atoms with van der Waals surface area (Å²) in [6.45, 7) is 0. The third-order valence-electron chi connectivity index (χ3n) is 3.77. The van der Waals surface area contributed by atoms with E-state index in [1.54, 1.807) is 28.2 Å². The first kappa shape index (κ1) is 13.3. The maximum Gasteiger partial charge on any atom is 0.235 e. The van der Waals surface area contributed by atoms with Crippen molar-refractivity contribution in [2.75, 3.05) is 0 Å². The van der Waals surface area contributed by atoms with Gasteiger partial charge in [-0.25, -0.2) is 0 Å². The number of nitrogens with zero attached hydrogens (tertiary/aromatic N) is 5. The summed E-state index contributed by atoms with van der Waals surface area (Å²) in [5, 5.41) is 14.0. The molecule has 1 aliphatic rings. The molecule has 4 rings (SSSR count). The van der Waals surface area contributed by atoms with E-state index in [1.807, 2.05) is 12.1 Å². The largest absolute Gasteiger partial charge is 0.265 e. The topological polar surface area (TPSA) is 56.0 Å². The molecule has 0 aromatic carbocycles. The molecule has 5 nitrogen and oxygen atoms in total. The van der Waals surface area contributed by atoms with Gasteiger partial charge in [0, 0.05) is 18.0 Å². The maximum absolute atomic E-state index is 4.62. The highest BCUT2D eigenvalue weighted by atomic mass is 32.1. The van der Waals surface area contributed by atoms with Crippen LogP contribution in [-0.4, -0.2) is 24.8 Å². The Hall–Kier alpha value is -2.34. The van der Waals surface area contributed by atoms with E-state index < -0.39 is 0 Å². The lowest BCUT2D eigenvalue weighted by Crippen LogP contribution is -1.97. The Kier molecular flexibility index (Phi) is 3.52. The van der Waals surface area contributed by atoms with Gasteiger partial charge in [0.15, 0.2) is 5.82 Å². The fraction of sp³-hybridized carbons (Fsp3) is 0.250. The Morgan fingerprint density at radius 3 is 2.91 bits per heavy atom. The average molecular weight is 309 g/mol. The second-order valence-corrected chi connectivity index (χ2v) is 6.29. The highest BCUT2D eigenvalue weighted by Crippen LogP contribution is 2.24. The van der Waals surface area contributed by atoms with Crippen LogP contribution in [-0.2, 0) is 0 Å². The zero-order chi connectivity index (χ0) is 14.8. The van der Waals surface area contributed by atoms with Gasteiger partial charge in [0.05, 0.1) is 0 Å². The standard InChI is InChI=1S/C16H15N5S/c1-2-4-12(5-3-1)6-7-14-20-21-15(18-19-16(21)22-14)13-8-10-17-11-9-13/h1-2,6-12H,3-5H2. The molecule has 110 valence electrons. The van der Waals surface area contributed by atoms with Crippen molar-refractivity contribution < 1.29 is 0 Å². The fourth-order valence-electron chi connectivity index (χ4n) is 2.59. The van der Waals surface area contributed by atoms with Crippen LogP contribution < -0.4 is 0 Å². The van der Waals surface area contributed by atoms with Crippen LogP contribution in [0, 0.1) is 5.92 Å². The molecular weight excluding hydrogens is 294 g/mol. The Labute approximate surface area is 132 Å². The van der Waals surface area contributed by atoms with Crippen molar-refractivity contribution in [2.45, 2.75) is 19.3 Å². The summed E-state index contributed by atoms with van der Waals surface area (Å²) in [5.74, 6) is 1.38. The molecule has 3 aromatic heterocycles. The van der Waals surface area contributed by atoms with Crippen molar-refractivity contribution in [1.29, 1.82) is 0 Å². The van der Waals surface area contributed by atoms with Gasteiger partial charge in [-0.2, -0.15) is 9.61 Å². The van der Waals surface area contributed by atoms with Crippen LogP contribution in [0.15, 0.2) is 42.8 Å². The molecule has 1 atom stereocenters. The van der Waals surface area contributed by atoms with Gasteiger partial charge in [0.25, 0.3) is 0 Å². The molecule has 0 radical (unpaired) electrons. The maximum atomic E-state index is 4.62. The second-order valence-electron chi connectivity index (χ2n) is 5.30. The van der Waals surface area contributed by atoms with Crippen LogP contribution in [0.4, 0.5) is 0 Å². The van der Waals surface area contributed by atoms with Gasteiger partial charge in [-0.15, -0.1) is 10.2 Å². The Morgan fingerprint density at radius 2 is 2.09 bits per heavy atom. The van der Waals surface area contributed by atoms with Crippen molar-refractivity contribution in [2.24, 2.45) is 5.92 Å². The van der Waals surface area contributed by atoms with Gasteiger partial charge in [0.2, 0.25) is 4.96 Å². The predicted octanol–water partition coefficient (Wildman–Crippen LogP) is 3.62. The van der Waals surface area contributed by atoms with E-state index in [2.05, 4.69) is 44.6 Å². The fourth-order valence-corrected chi connectivity index (χ4v) is 3.34. The second kappa shape index (κ2) is 5.81.